The molecule has 0 radical (unpaired) electrons. The number of aliphatic hydroxyl groups is 1. The molecule has 1 aliphatic rings. The second-order valence-corrected chi connectivity index (χ2v) is 4.38. The van der Waals surface area contributed by atoms with E-state index in [1.807, 2.05) is 6.20 Å². The van der Waals surface area contributed by atoms with Crippen molar-refractivity contribution in [3.63, 3.8) is 0 Å². The molecule has 0 aromatic carbocycles. The summed E-state index contributed by atoms with van der Waals surface area (Å²) in [6.45, 7) is 1.77. The zero-order chi connectivity index (χ0) is 11.9. The first-order valence-corrected chi connectivity index (χ1v) is 6.27. The van der Waals surface area contributed by atoms with Gasteiger partial charge in [-0.1, -0.05) is 0 Å². The molecule has 94 valence electrons. The predicted molar refractivity (Wildman–Crippen MR) is 67.0 cm³/mol. The van der Waals surface area contributed by atoms with Gasteiger partial charge in [0.15, 0.2) is 0 Å². The third kappa shape index (κ3) is 3.94. The number of aromatic nitrogens is 2. The minimum Gasteiger partial charge on any atom is -0.395 e. The highest BCUT2D eigenvalue weighted by molar-refractivity contribution is 5.31. The third-order valence-electron chi connectivity index (χ3n) is 3.01. The minimum absolute atomic E-state index is 0.109. The summed E-state index contributed by atoms with van der Waals surface area (Å²) < 4.78 is 0. The third-order valence-corrected chi connectivity index (χ3v) is 3.01. The number of hydrogen-bond donors (Lipinski definition) is 3. The molecular formula is C12H20N4O. The monoisotopic (exact) mass is 236 g/mol. The molecular weight excluding hydrogens is 216 g/mol. The van der Waals surface area contributed by atoms with Crippen LogP contribution < -0.4 is 10.6 Å². The number of nitrogens with zero attached hydrogens (tertiary/aromatic N) is 2. The molecule has 1 aromatic rings. The van der Waals surface area contributed by atoms with E-state index >= 15 is 0 Å². The molecule has 2 rings (SSSR count). The molecule has 3 N–H and O–H groups in total. The fourth-order valence-corrected chi connectivity index (χ4v) is 2.12. The predicted octanol–water partition coefficient (Wildman–Crippen LogP) is 0.565. The maximum Gasteiger partial charge on any atom is 0.144 e. The zero-order valence-electron chi connectivity index (χ0n) is 10.0. The summed E-state index contributed by atoms with van der Waals surface area (Å²) in [5.74, 6) is 0.746. The molecule has 5 heteroatoms. The Bertz CT molecular complexity index is 339. The van der Waals surface area contributed by atoms with Crippen molar-refractivity contribution >= 4 is 5.82 Å². The van der Waals surface area contributed by atoms with Crippen molar-refractivity contribution in [1.29, 1.82) is 0 Å². The lowest BCUT2D eigenvalue weighted by molar-refractivity contribution is 0.311. The fourth-order valence-electron chi connectivity index (χ4n) is 2.12. The van der Waals surface area contributed by atoms with Gasteiger partial charge in [0, 0.05) is 18.8 Å². The Labute approximate surface area is 102 Å². The van der Waals surface area contributed by atoms with Gasteiger partial charge in [-0.25, -0.2) is 4.98 Å². The van der Waals surface area contributed by atoms with Crippen molar-refractivity contribution in [2.75, 3.05) is 25.0 Å². The number of anilines is 1. The summed E-state index contributed by atoms with van der Waals surface area (Å²) in [5, 5.41) is 15.2. The van der Waals surface area contributed by atoms with Crippen molar-refractivity contribution in [2.24, 2.45) is 0 Å². The summed E-state index contributed by atoms with van der Waals surface area (Å²) in [6, 6.07) is 0.644. The van der Waals surface area contributed by atoms with Crippen LogP contribution in [0.1, 0.15) is 25.0 Å². The lowest BCUT2D eigenvalue weighted by Gasteiger charge is -2.10. The molecule has 0 bridgehead atoms. The van der Waals surface area contributed by atoms with Crippen molar-refractivity contribution in [3.8, 4) is 0 Å². The van der Waals surface area contributed by atoms with Crippen LogP contribution in [0, 0.1) is 0 Å². The topological polar surface area (TPSA) is 70.1 Å². The van der Waals surface area contributed by atoms with E-state index in [0.29, 0.717) is 12.6 Å². The Morgan fingerprint density at radius 1 is 1.47 bits per heavy atom. The van der Waals surface area contributed by atoms with Gasteiger partial charge in [0.1, 0.15) is 5.82 Å². The second kappa shape index (κ2) is 6.51. The molecule has 0 spiro atoms. The van der Waals surface area contributed by atoms with Crippen LogP contribution in [0.5, 0.6) is 0 Å². The van der Waals surface area contributed by atoms with Gasteiger partial charge in [-0.05, 0) is 32.2 Å². The average Bonchev–Trinajstić information content (AvgIpc) is 2.87. The molecule has 0 saturated carbocycles. The number of hydrogen-bond acceptors (Lipinski definition) is 5. The molecule has 1 fully saturated rings. The summed E-state index contributed by atoms with van der Waals surface area (Å²) in [6.07, 6.45) is 8.15. The van der Waals surface area contributed by atoms with E-state index in [9.17, 15) is 0 Å². The van der Waals surface area contributed by atoms with Gasteiger partial charge in [0.2, 0.25) is 0 Å². The maximum atomic E-state index is 8.72. The van der Waals surface area contributed by atoms with Crippen molar-refractivity contribution in [1.82, 2.24) is 15.3 Å². The summed E-state index contributed by atoms with van der Waals surface area (Å²) in [5.41, 5.74) is 1.02. The minimum atomic E-state index is 0.109. The first-order valence-electron chi connectivity index (χ1n) is 6.27. The number of nitrogens with one attached hydrogen (secondary N) is 2. The second-order valence-electron chi connectivity index (χ2n) is 4.38. The molecule has 5 nitrogen and oxygen atoms in total. The number of aliphatic hydroxyl groups excluding tert-OH is 1. The van der Waals surface area contributed by atoms with Gasteiger partial charge in [-0.2, -0.15) is 0 Å². The van der Waals surface area contributed by atoms with Crippen LogP contribution in [0.3, 0.4) is 0 Å². The highest BCUT2D eigenvalue weighted by Gasteiger charge is 2.13. The van der Waals surface area contributed by atoms with Crippen LogP contribution in [0.4, 0.5) is 5.82 Å². The standard InChI is InChI=1S/C12H20N4O/c17-7-6-15-12-9-13-8-11(16-12)4-3-10-2-1-5-14-10/h8-10,14,17H,1-7H2,(H,15,16)/t10-/m1/s1. The number of aryl methyl sites for hydroxylation is 1. The Morgan fingerprint density at radius 3 is 3.18 bits per heavy atom. The summed E-state index contributed by atoms with van der Waals surface area (Å²) >= 11 is 0. The van der Waals surface area contributed by atoms with Crippen LogP contribution in [0.25, 0.3) is 0 Å². The highest BCUT2D eigenvalue weighted by Crippen LogP contribution is 2.12. The Morgan fingerprint density at radius 2 is 2.41 bits per heavy atom. The van der Waals surface area contributed by atoms with Gasteiger partial charge in [-0.3, -0.25) is 4.98 Å². The van der Waals surface area contributed by atoms with Crippen LogP contribution in [-0.2, 0) is 6.42 Å². The number of rotatable bonds is 6. The average molecular weight is 236 g/mol. The van der Waals surface area contributed by atoms with Crippen LogP contribution in [0.2, 0.25) is 0 Å². The fraction of sp³-hybridized carbons (Fsp3) is 0.667. The van der Waals surface area contributed by atoms with Crippen molar-refractivity contribution < 1.29 is 5.11 Å². The molecule has 1 saturated heterocycles. The van der Waals surface area contributed by atoms with Gasteiger partial charge >= 0.3 is 0 Å². The molecule has 1 atom stereocenters. The lowest BCUT2D eigenvalue weighted by atomic mass is 10.1. The molecule has 0 aliphatic carbocycles. The normalized spacial score (nSPS) is 19.5. The van der Waals surface area contributed by atoms with Gasteiger partial charge in [0.05, 0.1) is 18.5 Å². The maximum absolute atomic E-state index is 8.72. The van der Waals surface area contributed by atoms with Crippen LogP contribution in [0.15, 0.2) is 12.4 Å². The quantitative estimate of drug-likeness (QED) is 0.673. The largest absolute Gasteiger partial charge is 0.395 e. The zero-order valence-corrected chi connectivity index (χ0v) is 10.0. The summed E-state index contributed by atoms with van der Waals surface area (Å²) in [7, 11) is 0. The Balaban J connectivity index is 1.82. The smallest absolute Gasteiger partial charge is 0.144 e. The van der Waals surface area contributed by atoms with E-state index in [0.717, 1.165) is 30.9 Å². The molecule has 2 heterocycles. The van der Waals surface area contributed by atoms with Gasteiger partial charge < -0.3 is 15.7 Å². The van der Waals surface area contributed by atoms with Crippen molar-refractivity contribution in [3.05, 3.63) is 18.1 Å². The van der Waals surface area contributed by atoms with E-state index < -0.39 is 0 Å². The summed E-state index contributed by atoms with van der Waals surface area (Å²) in [4.78, 5) is 8.61. The first-order chi connectivity index (χ1) is 8.38. The van der Waals surface area contributed by atoms with E-state index in [1.54, 1.807) is 6.20 Å². The van der Waals surface area contributed by atoms with E-state index in [1.165, 1.54) is 12.8 Å². The highest BCUT2D eigenvalue weighted by atomic mass is 16.3. The van der Waals surface area contributed by atoms with E-state index in [-0.39, 0.29) is 6.61 Å². The molecule has 0 amide bonds. The first kappa shape index (κ1) is 12.3. The lowest BCUT2D eigenvalue weighted by Crippen LogP contribution is -2.21. The molecule has 0 unspecified atom stereocenters. The van der Waals surface area contributed by atoms with Gasteiger partial charge in [-0.15, -0.1) is 0 Å². The Hall–Kier alpha value is -1.20. The van der Waals surface area contributed by atoms with Crippen LogP contribution in [-0.4, -0.2) is 40.8 Å². The van der Waals surface area contributed by atoms with Crippen LogP contribution >= 0.6 is 0 Å². The van der Waals surface area contributed by atoms with Gasteiger partial charge in [0.25, 0.3) is 0 Å². The van der Waals surface area contributed by atoms with E-state index in [2.05, 4.69) is 20.6 Å². The molecule has 1 aliphatic heterocycles. The Kier molecular flexibility index (Phi) is 4.70. The van der Waals surface area contributed by atoms with Crippen molar-refractivity contribution in [2.45, 2.75) is 31.7 Å². The molecule has 17 heavy (non-hydrogen) atoms. The molecule has 1 aromatic heterocycles. The SMILES string of the molecule is OCCNc1cncc(CC[C@H]2CCCN2)n1. The van der Waals surface area contributed by atoms with E-state index in [4.69, 9.17) is 5.11 Å².